The molecule has 0 N–H and O–H groups in total. The Labute approximate surface area is 367 Å². The van der Waals surface area contributed by atoms with Gasteiger partial charge in [0.2, 0.25) is 0 Å². The van der Waals surface area contributed by atoms with E-state index < -0.39 is 11.0 Å². The Morgan fingerprint density at radius 2 is 1.13 bits per heavy atom. The topological polar surface area (TPSA) is 3.24 Å². The van der Waals surface area contributed by atoms with Crippen molar-refractivity contribution in [3.8, 4) is 22.3 Å². The third-order valence-corrected chi connectivity index (χ3v) is 14.8. The van der Waals surface area contributed by atoms with E-state index in [2.05, 4.69) is 248 Å². The van der Waals surface area contributed by atoms with Crippen LogP contribution >= 0.6 is 11.3 Å². The van der Waals surface area contributed by atoms with Crippen molar-refractivity contribution in [3.63, 3.8) is 0 Å². The summed E-state index contributed by atoms with van der Waals surface area (Å²) < 4.78 is 2.65. The first-order chi connectivity index (χ1) is 30.6. The minimum Gasteiger partial charge on any atom is -0.331 e. The molecule has 1 heterocycles. The van der Waals surface area contributed by atoms with Gasteiger partial charge in [-0.3, -0.25) is 0 Å². The van der Waals surface area contributed by atoms with E-state index in [9.17, 15) is 0 Å². The highest BCUT2D eigenvalue weighted by Crippen LogP contribution is 2.58. The van der Waals surface area contributed by atoms with Gasteiger partial charge in [0.1, 0.15) is 0 Å². The third-order valence-electron chi connectivity index (χ3n) is 13.6. The van der Waals surface area contributed by atoms with Crippen molar-refractivity contribution in [1.29, 1.82) is 0 Å². The minimum atomic E-state index is -0.517. The maximum absolute atomic E-state index is 2.63. The molecule has 1 nitrogen and oxygen atoms in total. The summed E-state index contributed by atoms with van der Waals surface area (Å²) in [5.41, 5.74) is 12.7. The van der Waals surface area contributed by atoms with Gasteiger partial charge in [-0.2, -0.15) is 0 Å². The maximum atomic E-state index is 2.63. The number of allylic oxidation sites excluding steroid dienone is 2. The van der Waals surface area contributed by atoms with Crippen molar-refractivity contribution in [2.45, 2.75) is 23.8 Å². The molecule has 2 aliphatic carbocycles. The smallest absolute Gasteiger partial charge is 0.0714 e. The van der Waals surface area contributed by atoms with E-state index in [0.717, 1.165) is 11.4 Å². The van der Waals surface area contributed by atoms with Crippen molar-refractivity contribution < 1.29 is 0 Å². The second-order valence-corrected chi connectivity index (χ2v) is 18.1. The number of rotatable bonds is 7. The number of hydrogen-bond donors (Lipinski definition) is 0. The highest BCUT2D eigenvalue weighted by Gasteiger charge is 2.47. The van der Waals surface area contributed by atoms with Crippen LogP contribution in [0.25, 0.3) is 53.2 Å². The molecule has 62 heavy (non-hydrogen) atoms. The zero-order valence-electron chi connectivity index (χ0n) is 34.4. The molecule has 0 saturated carbocycles. The van der Waals surface area contributed by atoms with Crippen molar-refractivity contribution in [1.82, 2.24) is 0 Å². The highest BCUT2D eigenvalue weighted by atomic mass is 32.1. The normalized spacial score (nSPS) is 17.3. The van der Waals surface area contributed by atoms with Crippen molar-refractivity contribution in [3.05, 3.63) is 264 Å². The van der Waals surface area contributed by atoms with Gasteiger partial charge in [0, 0.05) is 37.5 Å². The lowest BCUT2D eigenvalue weighted by atomic mass is 9.67. The molecule has 0 aliphatic heterocycles. The molecule has 9 aromatic carbocycles. The Bertz CT molecular complexity index is 3350. The van der Waals surface area contributed by atoms with Crippen LogP contribution in [0.5, 0.6) is 0 Å². The second kappa shape index (κ2) is 14.4. The van der Waals surface area contributed by atoms with E-state index in [-0.39, 0.29) is 5.92 Å². The van der Waals surface area contributed by atoms with Crippen molar-refractivity contribution in [2.75, 3.05) is 4.90 Å². The summed E-state index contributed by atoms with van der Waals surface area (Å²) in [6.07, 6.45) is 9.33. The minimum absolute atomic E-state index is 0.0401. The molecule has 0 bridgehead atoms. The Hall–Kier alpha value is -7.26. The van der Waals surface area contributed by atoms with E-state index in [4.69, 9.17) is 0 Å². The Morgan fingerprint density at radius 3 is 1.97 bits per heavy atom. The summed E-state index contributed by atoms with van der Waals surface area (Å²) in [5, 5.41) is 5.14. The fourth-order valence-corrected chi connectivity index (χ4v) is 11.9. The summed E-state index contributed by atoms with van der Waals surface area (Å²) >= 11 is 1.88. The van der Waals surface area contributed by atoms with E-state index in [1.165, 1.54) is 81.0 Å². The Balaban J connectivity index is 1.10. The lowest BCUT2D eigenvalue weighted by Gasteiger charge is -2.47. The molecule has 10 aromatic rings. The molecule has 2 atom stereocenters. The molecule has 0 fully saturated rings. The first-order valence-electron chi connectivity index (χ1n) is 21.6. The summed E-state index contributed by atoms with van der Waals surface area (Å²) in [7, 11) is 0. The van der Waals surface area contributed by atoms with E-state index >= 15 is 0 Å². The third kappa shape index (κ3) is 5.60. The summed E-state index contributed by atoms with van der Waals surface area (Å²) in [6.45, 7) is 2.43. The van der Waals surface area contributed by atoms with E-state index in [1.807, 2.05) is 11.3 Å². The molecule has 0 saturated heterocycles. The monoisotopic (exact) mass is 809 g/mol. The van der Waals surface area contributed by atoms with E-state index in [1.54, 1.807) is 0 Å². The maximum Gasteiger partial charge on any atom is 0.0714 e. The molecular formula is C60H43NS. The largest absolute Gasteiger partial charge is 0.331 e. The second-order valence-electron chi connectivity index (χ2n) is 17.0. The number of benzene rings is 9. The molecular weight excluding hydrogens is 767 g/mol. The Kier molecular flexibility index (Phi) is 8.52. The number of hydrogen-bond acceptors (Lipinski definition) is 2. The number of anilines is 2. The molecule has 0 amide bonds. The van der Waals surface area contributed by atoms with Gasteiger partial charge in [-0.25, -0.2) is 0 Å². The molecule has 294 valence electrons. The molecule has 0 radical (unpaired) electrons. The molecule has 12 rings (SSSR count). The average molecular weight is 810 g/mol. The zero-order valence-corrected chi connectivity index (χ0v) is 35.3. The fourth-order valence-electron chi connectivity index (χ4n) is 10.8. The van der Waals surface area contributed by atoms with Crippen molar-refractivity contribution >= 4 is 53.7 Å². The van der Waals surface area contributed by atoms with Gasteiger partial charge < -0.3 is 4.90 Å². The zero-order chi connectivity index (χ0) is 41.3. The molecule has 1 aromatic heterocycles. The van der Waals surface area contributed by atoms with Crippen LogP contribution in [0.15, 0.2) is 237 Å². The lowest BCUT2D eigenvalue weighted by Crippen LogP contribution is -2.47. The summed E-state index contributed by atoms with van der Waals surface area (Å²) in [6, 6.07) is 79.2. The highest BCUT2D eigenvalue weighted by molar-refractivity contribution is 7.25. The van der Waals surface area contributed by atoms with Crippen LogP contribution in [0.2, 0.25) is 0 Å². The molecule has 2 aliphatic rings. The van der Waals surface area contributed by atoms with Crippen LogP contribution < -0.4 is 4.90 Å². The van der Waals surface area contributed by atoms with Gasteiger partial charge >= 0.3 is 0 Å². The van der Waals surface area contributed by atoms with Gasteiger partial charge in [0.15, 0.2) is 0 Å². The number of thiophene rings is 1. The van der Waals surface area contributed by atoms with Gasteiger partial charge in [-0.05, 0) is 116 Å². The number of nitrogens with zero attached hydrogens (tertiary/aromatic N) is 1. The molecule has 2 heteroatoms. The predicted octanol–water partition coefficient (Wildman–Crippen LogP) is 16.0. The molecule has 0 spiro atoms. The average Bonchev–Trinajstić information content (AvgIpc) is 3.85. The van der Waals surface area contributed by atoms with Crippen LogP contribution in [-0.2, 0) is 5.41 Å². The number of fused-ring (bicyclic) bond motifs is 7. The fraction of sp³-hybridized carbons (Fsp3) is 0.0667. The Morgan fingerprint density at radius 1 is 0.452 bits per heavy atom. The van der Waals surface area contributed by atoms with Gasteiger partial charge in [-0.15, -0.1) is 11.3 Å². The van der Waals surface area contributed by atoms with Crippen LogP contribution in [0.4, 0.5) is 11.4 Å². The summed E-state index contributed by atoms with van der Waals surface area (Å²) in [5.74, 6) is 0.0401. The van der Waals surface area contributed by atoms with E-state index in [0.29, 0.717) is 0 Å². The molecule has 2 unspecified atom stereocenters. The first kappa shape index (κ1) is 36.6. The van der Waals surface area contributed by atoms with Crippen LogP contribution in [-0.4, -0.2) is 5.54 Å². The van der Waals surface area contributed by atoms with Crippen LogP contribution in [0.3, 0.4) is 0 Å². The van der Waals surface area contributed by atoms with Gasteiger partial charge in [-0.1, -0.05) is 188 Å². The lowest BCUT2D eigenvalue weighted by molar-refractivity contribution is 0.506. The van der Waals surface area contributed by atoms with Crippen LogP contribution in [0, 0.1) is 0 Å². The van der Waals surface area contributed by atoms with Crippen LogP contribution in [0.1, 0.15) is 40.7 Å². The SMILES string of the molecule is CC1(N(c2cccc(-c3ccc4ccccc4c3)c2)c2ccc3c(c2)C(c2ccccc2)(c2ccccc2)c2ccccc2-3)C=CC=CC1c1ccc2sc3ccccc3c2c1. The first-order valence-corrected chi connectivity index (χ1v) is 22.4. The van der Waals surface area contributed by atoms with Gasteiger partial charge in [0.05, 0.1) is 11.0 Å². The predicted molar refractivity (Wildman–Crippen MR) is 264 cm³/mol. The van der Waals surface area contributed by atoms with Gasteiger partial charge in [0.25, 0.3) is 0 Å². The summed E-state index contributed by atoms with van der Waals surface area (Å²) in [4.78, 5) is 2.63. The van der Waals surface area contributed by atoms with Crippen molar-refractivity contribution in [2.24, 2.45) is 0 Å². The standard InChI is InChI=1S/C60H43NS/c1-59(36-15-14-27-54(59)45-32-35-58-53(39-45)52-26-11-13-29-57(52)62-58)61(48-24-16-19-43(38-48)44-31-30-41-17-8-9-18-42(41)37-44)49-33-34-51-50-25-10-12-28-55(50)60(56(51)40-49,46-20-4-2-5-21-46)47-22-6-3-7-23-47/h2-40,54H,1H3. The quantitative estimate of drug-likeness (QED) is 0.155.